The lowest BCUT2D eigenvalue weighted by Gasteiger charge is -2.13. The fraction of sp³-hybridized carbons (Fsp3) is 0.200. The predicted molar refractivity (Wildman–Crippen MR) is 88.3 cm³/mol. The maximum absolute atomic E-state index is 10.8. The van der Waals surface area contributed by atoms with Gasteiger partial charge in [-0.3, -0.25) is 0 Å². The molecule has 0 amide bonds. The molecule has 1 heterocycles. The minimum Gasteiger partial charge on any atom is -0.491 e. The maximum Gasteiger partial charge on any atom is 0.347 e. The molecule has 0 radical (unpaired) electrons. The molecule has 0 saturated carbocycles. The van der Waals surface area contributed by atoms with E-state index >= 15 is 0 Å². The molecule has 0 aliphatic carbocycles. The van der Waals surface area contributed by atoms with Gasteiger partial charge in [0.25, 0.3) is 0 Å². The average molecular weight is 319 g/mol. The van der Waals surface area contributed by atoms with E-state index in [4.69, 9.17) is 15.6 Å². The first kappa shape index (κ1) is 15.8. The standard InChI is InChI=1S/C15H17N3O3S/c1-8(2)21-12-5-10(4-11(16)6-12)9(3)18-15-17-7-13(22-15)14(19)20/h4-8H,3,16H2,1-2H3,(H,17,18)(H,19,20). The number of carbonyl (C=O) groups is 1. The van der Waals surface area contributed by atoms with E-state index in [0.29, 0.717) is 22.3 Å². The summed E-state index contributed by atoms with van der Waals surface area (Å²) < 4.78 is 5.63. The van der Waals surface area contributed by atoms with Crippen LogP contribution in [-0.4, -0.2) is 22.2 Å². The van der Waals surface area contributed by atoms with Gasteiger partial charge in [-0.1, -0.05) is 17.9 Å². The Labute approximate surface area is 132 Å². The van der Waals surface area contributed by atoms with Gasteiger partial charge < -0.3 is 20.9 Å². The highest BCUT2D eigenvalue weighted by Crippen LogP contribution is 2.27. The fourth-order valence-corrected chi connectivity index (χ4v) is 2.45. The molecule has 116 valence electrons. The third-order valence-electron chi connectivity index (χ3n) is 2.62. The zero-order chi connectivity index (χ0) is 16.3. The Hall–Kier alpha value is -2.54. The van der Waals surface area contributed by atoms with Crippen molar-refractivity contribution in [2.45, 2.75) is 20.0 Å². The first-order valence-electron chi connectivity index (χ1n) is 6.58. The summed E-state index contributed by atoms with van der Waals surface area (Å²) in [6, 6.07) is 5.31. The van der Waals surface area contributed by atoms with E-state index in [9.17, 15) is 4.79 Å². The van der Waals surface area contributed by atoms with Gasteiger partial charge in [0.05, 0.1) is 12.3 Å². The zero-order valence-corrected chi connectivity index (χ0v) is 13.1. The molecule has 22 heavy (non-hydrogen) atoms. The van der Waals surface area contributed by atoms with Crippen LogP contribution in [0, 0.1) is 0 Å². The van der Waals surface area contributed by atoms with Crippen molar-refractivity contribution in [3.8, 4) is 5.75 Å². The predicted octanol–water partition coefficient (Wildman–Crippen LogP) is 3.29. The lowest BCUT2D eigenvalue weighted by Crippen LogP contribution is -2.07. The SMILES string of the molecule is C=C(Nc1ncc(C(=O)O)s1)c1cc(N)cc(OC(C)C)c1. The normalized spacial score (nSPS) is 10.5. The second-order valence-corrected chi connectivity index (χ2v) is 5.93. The number of nitrogen functional groups attached to an aromatic ring is 1. The monoisotopic (exact) mass is 319 g/mol. The topological polar surface area (TPSA) is 97.5 Å². The van der Waals surface area contributed by atoms with Gasteiger partial charge in [0, 0.05) is 23.0 Å². The number of carboxylic acids is 1. The lowest BCUT2D eigenvalue weighted by molar-refractivity contribution is 0.0702. The Balaban J connectivity index is 2.17. The van der Waals surface area contributed by atoms with Crippen molar-refractivity contribution < 1.29 is 14.6 Å². The summed E-state index contributed by atoms with van der Waals surface area (Å²) in [6.45, 7) is 7.79. The Morgan fingerprint density at radius 3 is 2.77 bits per heavy atom. The van der Waals surface area contributed by atoms with Crippen LogP contribution in [0.25, 0.3) is 5.70 Å². The van der Waals surface area contributed by atoms with Crippen molar-refractivity contribution in [2.75, 3.05) is 11.1 Å². The Kier molecular flexibility index (Phi) is 4.67. The minimum atomic E-state index is -1.01. The number of thiazole rings is 1. The number of nitrogens with two attached hydrogens (primary N) is 1. The second kappa shape index (κ2) is 6.48. The van der Waals surface area contributed by atoms with Crippen molar-refractivity contribution in [3.63, 3.8) is 0 Å². The molecular formula is C15H17N3O3S. The highest BCUT2D eigenvalue weighted by molar-refractivity contribution is 7.17. The molecule has 0 fully saturated rings. The molecule has 2 aromatic rings. The Bertz CT molecular complexity index is 710. The largest absolute Gasteiger partial charge is 0.491 e. The highest BCUT2D eigenvalue weighted by Gasteiger charge is 2.10. The van der Waals surface area contributed by atoms with E-state index in [0.717, 1.165) is 16.9 Å². The number of aromatic nitrogens is 1. The molecule has 6 nitrogen and oxygen atoms in total. The number of anilines is 2. The first-order valence-corrected chi connectivity index (χ1v) is 7.39. The third kappa shape index (κ3) is 3.98. The molecule has 0 aliphatic rings. The van der Waals surface area contributed by atoms with Crippen molar-refractivity contribution in [1.82, 2.24) is 4.98 Å². The number of carboxylic acid groups (broad SMARTS) is 1. The maximum atomic E-state index is 10.8. The smallest absolute Gasteiger partial charge is 0.347 e. The van der Waals surface area contributed by atoms with E-state index in [-0.39, 0.29) is 11.0 Å². The van der Waals surface area contributed by atoms with Gasteiger partial charge >= 0.3 is 5.97 Å². The second-order valence-electron chi connectivity index (χ2n) is 4.90. The summed E-state index contributed by atoms with van der Waals surface area (Å²) >= 11 is 1.04. The van der Waals surface area contributed by atoms with Crippen LogP contribution in [0.3, 0.4) is 0 Å². The highest BCUT2D eigenvalue weighted by atomic mass is 32.1. The summed E-state index contributed by atoms with van der Waals surface area (Å²) in [5.41, 5.74) is 7.74. The lowest BCUT2D eigenvalue weighted by atomic mass is 10.1. The molecule has 0 atom stereocenters. The molecule has 0 unspecified atom stereocenters. The fourth-order valence-electron chi connectivity index (χ4n) is 1.77. The Morgan fingerprint density at radius 2 is 2.18 bits per heavy atom. The van der Waals surface area contributed by atoms with E-state index in [1.54, 1.807) is 12.1 Å². The van der Waals surface area contributed by atoms with E-state index in [1.807, 2.05) is 19.9 Å². The summed E-state index contributed by atoms with van der Waals surface area (Å²) in [7, 11) is 0. The number of hydrogen-bond acceptors (Lipinski definition) is 6. The van der Waals surface area contributed by atoms with Crippen LogP contribution in [0.2, 0.25) is 0 Å². The van der Waals surface area contributed by atoms with Gasteiger partial charge in [-0.05, 0) is 26.0 Å². The first-order chi connectivity index (χ1) is 10.3. The zero-order valence-electron chi connectivity index (χ0n) is 12.3. The van der Waals surface area contributed by atoms with E-state index in [2.05, 4.69) is 16.9 Å². The molecule has 0 aliphatic heterocycles. The van der Waals surface area contributed by atoms with E-state index < -0.39 is 5.97 Å². The van der Waals surface area contributed by atoms with Gasteiger partial charge in [-0.25, -0.2) is 9.78 Å². The molecule has 0 saturated heterocycles. The number of rotatable bonds is 6. The van der Waals surface area contributed by atoms with Crippen LogP contribution in [0.5, 0.6) is 5.75 Å². The number of ether oxygens (including phenoxy) is 1. The van der Waals surface area contributed by atoms with Gasteiger partial charge in [0.1, 0.15) is 10.6 Å². The van der Waals surface area contributed by atoms with Gasteiger partial charge in [-0.15, -0.1) is 0 Å². The van der Waals surface area contributed by atoms with Gasteiger partial charge in [-0.2, -0.15) is 0 Å². The number of benzene rings is 1. The van der Waals surface area contributed by atoms with Crippen LogP contribution in [0.15, 0.2) is 31.0 Å². The summed E-state index contributed by atoms with van der Waals surface area (Å²) in [5, 5.41) is 12.3. The average Bonchev–Trinajstić information content (AvgIpc) is 2.85. The van der Waals surface area contributed by atoms with Crippen molar-refractivity contribution >= 4 is 33.8 Å². The quantitative estimate of drug-likeness (QED) is 0.707. The summed E-state index contributed by atoms with van der Waals surface area (Å²) in [5.74, 6) is -0.356. The molecule has 0 bridgehead atoms. The molecule has 7 heteroatoms. The molecule has 1 aromatic heterocycles. The van der Waals surface area contributed by atoms with Crippen LogP contribution >= 0.6 is 11.3 Å². The summed E-state index contributed by atoms with van der Waals surface area (Å²) in [6.07, 6.45) is 1.34. The number of nitrogens with one attached hydrogen (secondary N) is 1. The number of aromatic carboxylic acids is 1. The van der Waals surface area contributed by atoms with Crippen molar-refractivity contribution in [3.05, 3.63) is 41.4 Å². The van der Waals surface area contributed by atoms with Crippen molar-refractivity contribution in [2.24, 2.45) is 0 Å². The molecule has 0 spiro atoms. The van der Waals surface area contributed by atoms with Gasteiger partial charge in [0.2, 0.25) is 0 Å². The summed E-state index contributed by atoms with van der Waals surface area (Å²) in [4.78, 5) is 15.0. The minimum absolute atomic E-state index is 0.0351. The Morgan fingerprint density at radius 1 is 1.45 bits per heavy atom. The molecule has 4 N–H and O–H groups in total. The van der Waals surface area contributed by atoms with Gasteiger partial charge in [0.15, 0.2) is 5.13 Å². The van der Waals surface area contributed by atoms with Crippen molar-refractivity contribution in [1.29, 1.82) is 0 Å². The molecular weight excluding hydrogens is 302 g/mol. The van der Waals surface area contributed by atoms with Crippen LogP contribution < -0.4 is 15.8 Å². The third-order valence-corrected chi connectivity index (χ3v) is 3.52. The number of nitrogens with zero attached hydrogens (tertiary/aromatic N) is 1. The number of hydrogen-bond donors (Lipinski definition) is 3. The van der Waals surface area contributed by atoms with E-state index in [1.165, 1.54) is 6.20 Å². The molecule has 2 rings (SSSR count). The van der Waals surface area contributed by atoms with Crippen LogP contribution in [0.4, 0.5) is 10.8 Å². The van der Waals surface area contributed by atoms with Crippen LogP contribution in [-0.2, 0) is 0 Å². The molecule has 1 aromatic carbocycles. The van der Waals surface area contributed by atoms with Crippen LogP contribution in [0.1, 0.15) is 29.1 Å².